The molecule has 50 valence electrons. The fourth-order valence-corrected chi connectivity index (χ4v) is 0.459. The van der Waals surface area contributed by atoms with Gasteiger partial charge in [-0.15, -0.1) is 0 Å². The smallest absolute Gasteiger partial charge is 0.0279 e. The van der Waals surface area contributed by atoms with Crippen molar-refractivity contribution in [3.05, 3.63) is 24.3 Å². The van der Waals surface area contributed by atoms with Gasteiger partial charge in [0, 0.05) is 5.71 Å². The molecule has 0 saturated heterocycles. The van der Waals surface area contributed by atoms with E-state index < -0.39 is 0 Å². The fraction of sp³-hybridized carbons (Fsp3) is 0.375. The lowest BCUT2D eigenvalue weighted by atomic mass is 10.3. The minimum Gasteiger partial charge on any atom is -0.306 e. The summed E-state index contributed by atoms with van der Waals surface area (Å²) in [5.74, 6) is 0. The maximum Gasteiger partial charge on any atom is 0.0279 e. The normalized spacial score (nSPS) is 11.3. The third kappa shape index (κ3) is 7.15. The second-order valence-corrected chi connectivity index (χ2v) is 1.89. The summed E-state index contributed by atoms with van der Waals surface area (Å²) >= 11 is 0. The van der Waals surface area contributed by atoms with Crippen LogP contribution >= 0.6 is 0 Å². The van der Waals surface area contributed by atoms with Gasteiger partial charge in [-0.3, -0.25) is 0 Å². The zero-order chi connectivity index (χ0) is 7.11. The van der Waals surface area contributed by atoms with Gasteiger partial charge in [0.25, 0.3) is 0 Å². The Morgan fingerprint density at radius 1 is 1.44 bits per heavy atom. The number of hydrogen-bond donors (Lipinski definition) is 1. The summed E-state index contributed by atoms with van der Waals surface area (Å²) < 4.78 is 0. The minimum absolute atomic E-state index is 0.611. The molecule has 0 amide bonds. The average Bonchev–Trinajstić information content (AvgIpc) is 1.80. The molecule has 0 saturated carbocycles. The van der Waals surface area contributed by atoms with Crippen LogP contribution in [0.2, 0.25) is 0 Å². The first kappa shape index (κ1) is 8.15. The lowest BCUT2D eigenvalue weighted by molar-refractivity contribution is 1.37. The second-order valence-electron chi connectivity index (χ2n) is 1.89. The van der Waals surface area contributed by atoms with Gasteiger partial charge < -0.3 is 5.41 Å². The van der Waals surface area contributed by atoms with Crippen molar-refractivity contribution in [1.82, 2.24) is 0 Å². The van der Waals surface area contributed by atoms with E-state index in [0.29, 0.717) is 5.71 Å². The highest BCUT2D eigenvalue weighted by atomic mass is 14.4. The highest BCUT2D eigenvalue weighted by Crippen LogP contribution is 1.85. The summed E-state index contributed by atoms with van der Waals surface area (Å²) in [7, 11) is 0. The van der Waals surface area contributed by atoms with Crippen LogP contribution in [0.15, 0.2) is 24.3 Å². The SMILES string of the molecule is C/C=C\C/C=C\C(C)=N. The van der Waals surface area contributed by atoms with E-state index in [1.165, 1.54) is 0 Å². The third-order valence-corrected chi connectivity index (χ3v) is 0.876. The zero-order valence-corrected chi connectivity index (χ0v) is 6.02. The third-order valence-electron chi connectivity index (χ3n) is 0.876. The molecular formula is C8H13N. The average molecular weight is 123 g/mol. The van der Waals surface area contributed by atoms with Gasteiger partial charge in [0.2, 0.25) is 0 Å². The topological polar surface area (TPSA) is 23.9 Å². The van der Waals surface area contributed by atoms with Gasteiger partial charge in [-0.25, -0.2) is 0 Å². The molecule has 0 aliphatic heterocycles. The van der Waals surface area contributed by atoms with Crippen LogP contribution in [0.4, 0.5) is 0 Å². The Hall–Kier alpha value is -0.850. The number of allylic oxidation sites excluding steroid dienone is 4. The van der Waals surface area contributed by atoms with Crippen molar-refractivity contribution in [2.75, 3.05) is 0 Å². The van der Waals surface area contributed by atoms with Crippen LogP contribution in [0.5, 0.6) is 0 Å². The molecule has 0 radical (unpaired) electrons. The largest absolute Gasteiger partial charge is 0.306 e. The summed E-state index contributed by atoms with van der Waals surface area (Å²) in [6.45, 7) is 3.76. The van der Waals surface area contributed by atoms with Crippen molar-refractivity contribution in [3.63, 3.8) is 0 Å². The van der Waals surface area contributed by atoms with Crippen LogP contribution in [-0.4, -0.2) is 5.71 Å². The Labute approximate surface area is 56.6 Å². The van der Waals surface area contributed by atoms with Crippen LogP contribution in [-0.2, 0) is 0 Å². The van der Waals surface area contributed by atoms with Crippen molar-refractivity contribution in [3.8, 4) is 0 Å². The van der Waals surface area contributed by atoms with Gasteiger partial charge in [-0.2, -0.15) is 0 Å². The summed E-state index contributed by atoms with van der Waals surface area (Å²) in [5, 5.41) is 7.02. The first-order valence-electron chi connectivity index (χ1n) is 3.10. The molecular weight excluding hydrogens is 110 g/mol. The molecule has 1 N–H and O–H groups in total. The summed E-state index contributed by atoms with van der Waals surface area (Å²) in [5.41, 5.74) is 0.611. The lowest BCUT2D eigenvalue weighted by Crippen LogP contribution is -1.76. The molecule has 9 heavy (non-hydrogen) atoms. The predicted octanol–water partition coefficient (Wildman–Crippen LogP) is 2.55. The first-order chi connectivity index (χ1) is 4.27. The molecule has 0 aliphatic carbocycles. The van der Waals surface area contributed by atoms with Gasteiger partial charge in [-0.05, 0) is 26.3 Å². The first-order valence-corrected chi connectivity index (χ1v) is 3.10. The molecule has 0 aromatic heterocycles. The maximum absolute atomic E-state index is 7.02. The van der Waals surface area contributed by atoms with Crippen molar-refractivity contribution >= 4 is 5.71 Å². The van der Waals surface area contributed by atoms with E-state index in [1.54, 1.807) is 13.0 Å². The Morgan fingerprint density at radius 2 is 2.11 bits per heavy atom. The van der Waals surface area contributed by atoms with Crippen LogP contribution in [0.25, 0.3) is 0 Å². The van der Waals surface area contributed by atoms with Crippen LogP contribution in [0.1, 0.15) is 20.3 Å². The van der Waals surface area contributed by atoms with Gasteiger partial charge >= 0.3 is 0 Å². The van der Waals surface area contributed by atoms with Crippen molar-refractivity contribution in [1.29, 1.82) is 5.41 Å². The molecule has 0 unspecified atom stereocenters. The van der Waals surface area contributed by atoms with Gasteiger partial charge in [0.05, 0.1) is 0 Å². The second kappa shape index (κ2) is 5.29. The molecule has 0 atom stereocenters. The number of nitrogens with one attached hydrogen (secondary N) is 1. The summed E-state index contributed by atoms with van der Waals surface area (Å²) in [6.07, 6.45) is 8.78. The highest BCUT2D eigenvalue weighted by molar-refractivity contribution is 5.89. The van der Waals surface area contributed by atoms with E-state index in [1.807, 2.05) is 19.1 Å². The fourth-order valence-electron chi connectivity index (χ4n) is 0.459. The number of rotatable bonds is 3. The van der Waals surface area contributed by atoms with E-state index in [0.717, 1.165) is 6.42 Å². The van der Waals surface area contributed by atoms with Crippen molar-refractivity contribution in [2.24, 2.45) is 0 Å². The minimum atomic E-state index is 0.611. The standard InChI is InChI=1S/C8H13N/c1-3-4-5-6-7-8(2)9/h3-4,6-7,9H,5H2,1-2H3/b4-3-,7-6-,9-8?. The zero-order valence-electron chi connectivity index (χ0n) is 6.02. The Bertz CT molecular complexity index is 132. The molecule has 0 aliphatic rings. The van der Waals surface area contributed by atoms with Gasteiger partial charge in [0.1, 0.15) is 0 Å². The summed E-state index contributed by atoms with van der Waals surface area (Å²) in [4.78, 5) is 0. The molecule has 0 heterocycles. The van der Waals surface area contributed by atoms with Crippen molar-refractivity contribution in [2.45, 2.75) is 20.3 Å². The van der Waals surface area contributed by atoms with E-state index in [2.05, 4.69) is 6.08 Å². The quantitative estimate of drug-likeness (QED) is 0.440. The van der Waals surface area contributed by atoms with Gasteiger partial charge in [0.15, 0.2) is 0 Å². The van der Waals surface area contributed by atoms with E-state index in [9.17, 15) is 0 Å². The molecule has 0 spiro atoms. The van der Waals surface area contributed by atoms with Crippen LogP contribution in [0.3, 0.4) is 0 Å². The monoisotopic (exact) mass is 123 g/mol. The van der Waals surface area contributed by atoms with E-state index in [4.69, 9.17) is 5.41 Å². The van der Waals surface area contributed by atoms with E-state index >= 15 is 0 Å². The van der Waals surface area contributed by atoms with E-state index in [-0.39, 0.29) is 0 Å². The Morgan fingerprint density at radius 3 is 2.56 bits per heavy atom. The highest BCUT2D eigenvalue weighted by Gasteiger charge is 1.72. The molecule has 0 aromatic carbocycles. The molecule has 1 nitrogen and oxygen atoms in total. The lowest BCUT2D eigenvalue weighted by Gasteiger charge is -1.80. The number of hydrogen-bond acceptors (Lipinski definition) is 1. The maximum atomic E-state index is 7.02. The molecule has 0 aromatic rings. The van der Waals surface area contributed by atoms with Crippen molar-refractivity contribution < 1.29 is 0 Å². The molecule has 0 fully saturated rings. The Balaban J connectivity index is 3.36. The predicted molar refractivity (Wildman–Crippen MR) is 42.0 cm³/mol. The van der Waals surface area contributed by atoms with Crippen LogP contribution in [0, 0.1) is 5.41 Å². The molecule has 0 bridgehead atoms. The van der Waals surface area contributed by atoms with Gasteiger partial charge in [-0.1, -0.05) is 18.2 Å². The summed E-state index contributed by atoms with van der Waals surface area (Å²) in [6, 6.07) is 0. The van der Waals surface area contributed by atoms with Crippen LogP contribution < -0.4 is 0 Å². The molecule has 0 rings (SSSR count). The Kier molecular flexibility index (Phi) is 4.79. The molecule has 1 heteroatoms.